The van der Waals surface area contributed by atoms with Crippen LogP contribution < -0.4 is 4.74 Å². The van der Waals surface area contributed by atoms with Crippen LogP contribution in [0.15, 0.2) is 22.7 Å². The first kappa shape index (κ1) is 15.3. The van der Waals surface area contributed by atoms with Gasteiger partial charge in [0.05, 0.1) is 12.1 Å². The monoisotopic (exact) mass is 334 g/mol. The van der Waals surface area contributed by atoms with Crippen LogP contribution in [0.25, 0.3) is 0 Å². The molecule has 0 bridgehead atoms. The SMILES string of the molecule is CCCCC(Oc1cc(Br)ccc1Cl)C(=O)OC. The van der Waals surface area contributed by atoms with Crippen molar-refractivity contribution in [3.8, 4) is 5.75 Å². The van der Waals surface area contributed by atoms with Gasteiger partial charge in [0.15, 0.2) is 6.10 Å². The molecule has 0 radical (unpaired) electrons. The zero-order valence-electron chi connectivity index (χ0n) is 10.4. The molecule has 18 heavy (non-hydrogen) atoms. The van der Waals surface area contributed by atoms with Crippen LogP contribution >= 0.6 is 27.5 Å². The number of benzene rings is 1. The van der Waals surface area contributed by atoms with Crippen molar-refractivity contribution in [3.63, 3.8) is 0 Å². The summed E-state index contributed by atoms with van der Waals surface area (Å²) in [6.45, 7) is 2.06. The number of esters is 1. The summed E-state index contributed by atoms with van der Waals surface area (Å²) in [4.78, 5) is 11.6. The highest BCUT2D eigenvalue weighted by molar-refractivity contribution is 9.10. The van der Waals surface area contributed by atoms with Gasteiger partial charge in [0.1, 0.15) is 5.75 Å². The molecular formula is C13H16BrClO3. The van der Waals surface area contributed by atoms with E-state index in [1.54, 1.807) is 12.1 Å². The van der Waals surface area contributed by atoms with Gasteiger partial charge >= 0.3 is 5.97 Å². The average Bonchev–Trinajstić information content (AvgIpc) is 2.37. The Morgan fingerprint density at radius 2 is 2.22 bits per heavy atom. The molecule has 0 saturated heterocycles. The number of methoxy groups -OCH3 is 1. The topological polar surface area (TPSA) is 35.5 Å². The molecule has 1 rings (SSSR count). The summed E-state index contributed by atoms with van der Waals surface area (Å²) >= 11 is 9.36. The highest BCUT2D eigenvalue weighted by Gasteiger charge is 2.21. The van der Waals surface area contributed by atoms with Crippen molar-refractivity contribution in [2.75, 3.05) is 7.11 Å². The summed E-state index contributed by atoms with van der Waals surface area (Å²) in [6, 6.07) is 5.27. The van der Waals surface area contributed by atoms with Crippen molar-refractivity contribution < 1.29 is 14.3 Å². The minimum absolute atomic E-state index is 0.375. The van der Waals surface area contributed by atoms with Crippen LogP contribution in [0, 0.1) is 0 Å². The van der Waals surface area contributed by atoms with E-state index < -0.39 is 6.10 Å². The predicted molar refractivity (Wildman–Crippen MR) is 75.1 cm³/mol. The summed E-state index contributed by atoms with van der Waals surface area (Å²) in [5.41, 5.74) is 0. The fraction of sp³-hybridized carbons (Fsp3) is 0.462. The normalized spacial score (nSPS) is 12.0. The predicted octanol–water partition coefficient (Wildman–Crippen LogP) is 4.21. The number of carbonyl (C=O) groups excluding carboxylic acids is 1. The first-order valence-corrected chi connectivity index (χ1v) is 6.95. The lowest BCUT2D eigenvalue weighted by atomic mass is 10.1. The Morgan fingerprint density at radius 1 is 1.50 bits per heavy atom. The molecule has 0 N–H and O–H groups in total. The molecule has 1 aromatic rings. The van der Waals surface area contributed by atoms with Crippen LogP contribution in [-0.4, -0.2) is 19.2 Å². The summed E-state index contributed by atoms with van der Waals surface area (Å²) in [5, 5.41) is 0.476. The van der Waals surface area contributed by atoms with Gasteiger partial charge in [0, 0.05) is 4.47 Å². The van der Waals surface area contributed by atoms with Crippen LogP contribution in [0.4, 0.5) is 0 Å². The molecule has 1 atom stereocenters. The Morgan fingerprint density at radius 3 is 2.83 bits per heavy atom. The maximum atomic E-state index is 11.6. The minimum atomic E-state index is -0.609. The molecule has 5 heteroatoms. The molecule has 0 aliphatic carbocycles. The molecule has 100 valence electrons. The Hall–Kier alpha value is -0.740. The molecule has 0 aromatic heterocycles. The number of halogens is 2. The van der Waals surface area contributed by atoms with Gasteiger partial charge in [-0.25, -0.2) is 4.79 Å². The van der Waals surface area contributed by atoms with Crippen molar-refractivity contribution in [2.45, 2.75) is 32.3 Å². The Bertz CT molecular complexity index is 409. The van der Waals surface area contributed by atoms with E-state index in [1.165, 1.54) is 7.11 Å². The van der Waals surface area contributed by atoms with Crippen LogP contribution in [0.3, 0.4) is 0 Å². The zero-order chi connectivity index (χ0) is 13.5. The van der Waals surface area contributed by atoms with Gasteiger partial charge in [0.2, 0.25) is 0 Å². The van der Waals surface area contributed by atoms with E-state index in [1.807, 2.05) is 6.07 Å². The molecule has 0 aliphatic heterocycles. The number of ether oxygens (including phenoxy) is 2. The van der Waals surface area contributed by atoms with E-state index in [9.17, 15) is 4.79 Å². The lowest BCUT2D eigenvalue weighted by Gasteiger charge is -2.17. The summed E-state index contributed by atoms with van der Waals surface area (Å²) in [6.07, 6.45) is 1.89. The number of hydrogen-bond acceptors (Lipinski definition) is 3. The van der Waals surface area contributed by atoms with Gasteiger partial charge in [0.25, 0.3) is 0 Å². The van der Waals surface area contributed by atoms with Crippen molar-refractivity contribution in [1.82, 2.24) is 0 Å². The Labute approximate surface area is 121 Å². The van der Waals surface area contributed by atoms with Gasteiger partial charge in [-0.3, -0.25) is 0 Å². The van der Waals surface area contributed by atoms with E-state index in [0.717, 1.165) is 17.3 Å². The lowest BCUT2D eigenvalue weighted by Crippen LogP contribution is -2.28. The van der Waals surface area contributed by atoms with E-state index in [-0.39, 0.29) is 5.97 Å². The number of unbranched alkanes of at least 4 members (excludes halogenated alkanes) is 1. The third kappa shape index (κ3) is 4.50. The maximum Gasteiger partial charge on any atom is 0.347 e. The van der Waals surface area contributed by atoms with Crippen molar-refractivity contribution in [1.29, 1.82) is 0 Å². The van der Waals surface area contributed by atoms with Gasteiger partial charge in [-0.2, -0.15) is 0 Å². The zero-order valence-corrected chi connectivity index (χ0v) is 12.8. The standard InChI is InChI=1S/C13H16BrClO3/c1-3-4-5-11(13(16)17-2)18-12-8-9(14)6-7-10(12)15/h6-8,11H,3-5H2,1-2H3. The van der Waals surface area contributed by atoms with E-state index in [0.29, 0.717) is 17.2 Å². The van der Waals surface area contributed by atoms with Crippen LogP contribution in [0.1, 0.15) is 26.2 Å². The maximum absolute atomic E-state index is 11.6. The van der Waals surface area contributed by atoms with Crippen molar-refractivity contribution in [2.24, 2.45) is 0 Å². The highest BCUT2D eigenvalue weighted by Crippen LogP contribution is 2.29. The molecular weight excluding hydrogens is 319 g/mol. The quantitative estimate of drug-likeness (QED) is 0.730. The molecule has 0 aliphatic rings. The summed E-state index contributed by atoms with van der Waals surface area (Å²) in [7, 11) is 1.35. The van der Waals surface area contributed by atoms with Gasteiger partial charge in [-0.15, -0.1) is 0 Å². The van der Waals surface area contributed by atoms with Crippen LogP contribution in [0.5, 0.6) is 5.75 Å². The smallest absolute Gasteiger partial charge is 0.347 e. The average molecular weight is 336 g/mol. The second-order valence-electron chi connectivity index (χ2n) is 3.85. The fourth-order valence-electron chi connectivity index (χ4n) is 1.47. The number of hydrogen-bond donors (Lipinski definition) is 0. The van der Waals surface area contributed by atoms with Crippen LogP contribution in [0.2, 0.25) is 5.02 Å². The molecule has 3 nitrogen and oxygen atoms in total. The van der Waals surface area contributed by atoms with Gasteiger partial charge in [-0.05, 0) is 31.0 Å². The fourth-order valence-corrected chi connectivity index (χ4v) is 1.97. The van der Waals surface area contributed by atoms with Gasteiger partial charge < -0.3 is 9.47 Å². The van der Waals surface area contributed by atoms with Gasteiger partial charge in [-0.1, -0.05) is 40.9 Å². The third-order valence-electron chi connectivity index (χ3n) is 2.45. The Kier molecular flexibility index (Phi) is 6.50. The number of rotatable bonds is 6. The van der Waals surface area contributed by atoms with E-state index in [4.69, 9.17) is 21.1 Å². The van der Waals surface area contributed by atoms with E-state index >= 15 is 0 Å². The molecule has 0 saturated carbocycles. The summed E-state index contributed by atoms with van der Waals surface area (Å²) < 4.78 is 11.2. The molecule has 0 spiro atoms. The first-order valence-electron chi connectivity index (χ1n) is 5.78. The Balaban J connectivity index is 2.81. The lowest BCUT2D eigenvalue weighted by molar-refractivity contribution is -0.149. The van der Waals surface area contributed by atoms with Crippen LogP contribution in [-0.2, 0) is 9.53 Å². The third-order valence-corrected chi connectivity index (χ3v) is 3.25. The largest absolute Gasteiger partial charge is 0.477 e. The molecule has 0 amide bonds. The second kappa shape index (κ2) is 7.64. The van der Waals surface area contributed by atoms with Crippen molar-refractivity contribution >= 4 is 33.5 Å². The molecule has 1 unspecified atom stereocenters. The molecule has 1 aromatic carbocycles. The highest BCUT2D eigenvalue weighted by atomic mass is 79.9. The van der Waals surface area contributed by atoms with E-state index in [2.05, 4.69) is 22.9 Å². The minimum Gasteiger partial charge on any atom is -0.477 e. The summed E-state index contributed by atoms with van der Waals surface area (Å²) in [5.74, 6) is 0.108. The number of carbonyl (C=O) groups is 1. The van der Waals surface area contributed by atoms with Crippen molar-refractivity contribution in [3.05, 3.63) is 27.7 Å². The first-order chi connectivity index (χ1) is 8.58. The molecule has 0 fully saturated rings. The second-order valence-corrected chi connectivity index (χ2v) is 5.17. The molecule has 0 heterocycles.